The van der Waals surface area contributed by atoms with Crippen molar-refractivity contribution in [1.29, 1.82) is 0 Å². The number of amides is 2. The molecule has 2 amide bonds. The van der Waals surface area contributed by atoms with Gasteiger partial charge in [-0.2, -0.15) is 0 Å². The standard InChI is InChI=1S/C18H27ClN4O3/c1-26-14-8-21-18(25)17(24)20-7-2-9-22-10-12-23(13-11-22)16-5-3-15(19)4-6-16/h3-6H,2,7-14H2,1H3,(H,20,24)(H,21,25). The van der Waals surface area contributed by atoms with Crippen molar-refractivity contribution in [1.82, 2.24) is 15.5 Å². The highest BCUT2D eigenvalue weighted by atomic mass is 35.5. The molecule has 2 N–H and O–H groups in total. The van der Waals surface area contributed by atoms with Crippen LogP contribution >= 0.6 is 11.6 Å². The van der Waals surface area contributed by atoms with Gasteiger partial charge in [-0.25, -0.2) is 0 Å². The molecule has 1 aromatic carbocycles. The number of nitrogens with one attached hydrogen (secondary N) is 2. The van der Waals surface area contributed by atoms with Gasteiger partial charge in [-0.1, -0.05) is 11.6 Å². The minimum absolute atomic E-state index is 0.334. The molecule has 0 aromatic heterocycles. The molecule has 0 saturated carbocycles. The number of rotatable bonds is 8. The summed E-state index contributed by atoms with van der Waals surface area (Å²) >= 11 is 5.93. The Bertz CT molecular complexity index is 574. The van der Waals surface area contributed by atoms with Crippen LogP contribution in [0.5, 0.6) is 0 Å². The third-order valence-electron chi connectivity index (χ3n) is 4.30. The van der Waals surface area contributed by atoms with E-state index in [0.717, 1.165) is 44.2 Å². The van der Waals surface area contributed by atoms with Gasteiger partial charge in [0.1, 0.15) is 0 Å². The summed E-state index contributed by atoms with van der Waals surface area (Å²) in [6.45, 7) is 6.02. The fraction of sp³-hybridized carbons (Fsp3) is 0.556. The second-order valence-corrected chi connectivity index (χ2v) is 6.60. The molecule has 26 heavy (non-hydrogen) atoms. The van der Waals surface area contributed by atoms with E-state index in [0.29, 0.717) is 19.7 Å². The molecule has 8 heteroatoms. The Hall–Kier alpha value is -1.83. The Labute approximate surface area is 159 Å². The molecule has 0 spiro atoms. The Morgan fingerprint density at radius 1 is 1.04 bits per heavy atom. The predicted octanol–water partition coefficient (Wildman–Crippen LogP) is 0.731. The molecular weight excluding hydrogens is 356 g/mol. The normalized spacial score (nSPS) is 14.9. The van der Waals surface area contributed by atoms with E-state index in [2.05, 4.69) is 20.4 Å². The molecule has 1 saturated heterocycles. The second kappa shape index (κ2) is 11.0. The van der Waals surface area contributed by atoms with Crippen molar-refractivity contribution in [3.8, 4) is 0 Å². The predicted molar refractivity (Wildman–Crippen MR) is 103 cm³/mol. The molecule has 1 aromatic rings. The van der Waals surface area contributed by atoms with Crippen LogP contribution in [-0.2, 0) is 14.3 Å². The van der Waals surface area contributed by atoms with Gasteiger partial charge in [-0.3, -0.25) is 14.5 Å². The number of ether oxygens (including phenoxy) is 1. The SMILES string of the molecule is COCCNC(=O)C(=O)NCCCN1CCN(c2ccc(Cl)cc2)CC1. The molecule has 1 aliphatic heterocycles. The Balaban J connectivity index is 1.58. The number of methoxy groups -OCH3 is 1. The van der Waals surface area contributed by atoms with Crippen molar-refractivity contribution in [2.45, 2.75) is 6.42 Å². The summed E-state index contributed by atoms with van der Waals surface area (Å²) in [6, 6.07) is 7.92. The topological polar surface area (TPSA) is 73.9 Å². The van der Waals surface area contributed by atoms with Crippen LogP contribution in [0.25, 0.3) is 0 Å². The molecule has 1 aliphatic rings. The van der Waals surface area contributed by atoms with Gasteiger partial charge in [0.2, 0.25) is 0 Å². The monoisotopic (exact) mass is 382 g/mol. The van der Waals surface area contributed by atoms with Crippen LogP contribution < -0.4 is 15.5 Å². The third kappa shape index (κ3) is 6.82. The number of hydrogen-bond donors (Lipinski definition) is 2. The molecule has 0 atom stereocenters. The van der Waals surface area contributed by atoms with E-state index in [9.17, 15) is 9.59 Å². The second-order valence-electron chi connectivity index (χ2n) is 6.16. The highest BCUT2D eigenvalue weighted by Crippen LogP contribution is 2.19. The van der Waals surface area contributed by atoms with Gasteiger partial charge in [-0.15, -0.1) is 0 Å². The van der Waals surface area contributed by atoms with Crippen LogP contribution in [0.3, 0.4) is 0 Å². The van der Waals surface area contributed by atoms with Gasteiger partial charge in [-0.05, 0) is 37.2 Å². The lowest BCUT2D eigenvalue weighted by Crippen LogP contribution is -2.47. The van der Waals surface area contributed by atoms with Crippen molar-refractivity contribution in [2.24, 2.45) is 0 Å². The first-order chi connectivity index (χ1) is 12.6. The summed E-state index contributed by atoms with van der Waals surface area (Å²) in [4.78, 5) is 27.8. The first-order valence-corrected chi connectivity index (χ1v) is 9.26. The molecule has 1 heterocycles. The van der Waals surface area contributed by atoms with Crippen molar-refractivity contribution >= 4 is 29.1 Å². The number of hydrogen-bond acceptors (Lipinski definition) is 5. The molecule has 2 rings (SSSR count). The van der Waals surface area contributed by atoms with E-state index in [-0.39, 0.29) is 0 Å². The fourth-order valence-electron chi connectivity index (χ4n) is 2.81. The van der Waals surface area contributed by atoms with E-state index in [4.69, 9.17) is 16.3 Å². The molecule has 144 valence electrons. The van der Waals surface area contributed by atoms with E-state index in [1.807, 2.05) is 24.3 Å². The van der Waals surface area contributed by atoms with E-state index < -0.39 is 11.8 Å². The molecule has 0 bridgehead atoms. The maximum absolute atomic E-state index is 11.6. The summed E-state index contributed by atoms with van der Waals surface area (Å²) in [5.41, 5.74) is 1.20. The Kier molecular flexibility index (Phi) is 8.67. The molecule has 1 fully saturated rings. The number of benzene rings is 1. The highest BCUT2D eigenvalue weighted by Gasteiger charge is 2.17. The third-order valence-corrected chi connectivity index (χ3v) is 4.55. The van der Waals surface area contributed by atoms with E-state index in [1.54, 1.807) is 7.11 Å². The van der Waals surface area contributed by atoms with Crippen LogP contribution in [0.1, 0.15) is 6.42 Å². The number of halogens is 1. The number of carbonyl (C=O) groups is 2. The maximum atomic E-state index is 11.6. The van der Waals surface area contributed by atoms with Gasteiger partial charge in [0.05, 0.1) is 6.61 Å². The van der Waals surface area contributed by atoms with E-state index in [1.165, 1.54) is 5.69 Å². The van der Waals surface area contributed by atoms with Gasteiger partial charge in [0.15, 0.2) is 0 Å². The average molecular weight is 383 g/mol. The average Bonchev–Trinajstić information content (AvgIpc) is 2.66. The van der Waals surface area contributed by atoms with Crippen molar-refractivity contribution < 1.29 is 14.3 Å². The quantitative estimate of drug-likeness (QED) is 0.512. The zero-order chi connectivity index (χ0) is 18.8. The highest BCUT2D eigenvalue weighted by molar-refractivity contribution is 6.35. The first-order valence-electron chi connectivity index (χ1n) is 8.88. The van der Waals surface area contributed by atoms with Gasteiger partial charge in [0.25, 0.3) is 0 Å². The molecule has 0 unspecified atom stereocenters. The largest absolute Gasteiger partial charge is 0.383 e. The molecule has 0 radical (unpaired) electrons. The van der Waals surface area contributed by atoms with Crippen molar-refractivity contribution in [3.05, 3.63) is 29.3 Å². The summed E-state index contributed by atoms with van der Waals surface area (Å²) in [5, 5.41) is 5.90. The van der Waals surface area contributed by atoms with Gasteiger partial charge < -0.3 is 20.3 Å². The summed E-state index contributed by atoms with van der Waals surface area (Å²) in [5.74, 6) is -1.20. The number of piperazine rings is 1. The Morgan fingerprint density at radius 3 is 2.27 bits per heavy atom. The lowest BCUT2D eigenvalue weighted by atomic mass is 10.2. The number of carbonyl (C=O) groups excluding carboxylic acids is 2. The minimum Gasteiger partial charge on any atom is -0.383 e. The number of nitrogens with zero attached hydrogens (tertiary/aromatic N) is 2. The fourth-order valence-corrected chi connectivity index (χ4v) is 2.94. The smallest absolute Gasteiger partial charge is 0.309 e. The van der Waals surface area contributed by atoms with Crippen LogP contribution in [0.2, 0.25) is 5.02 Å². The van der Waals surface area contributed by atoms with Crippen LogP contribution in [0, 0.1) is 0 Å². The molecular formula is C18H27ClN4O3. The lowest BCUT2D eigenvalue weighted by Gasteiger charge is -2.36. The Morgan fingerprint density at radius 2 is 1.65 bits per heavy atom. The first kappa shape index (κ1) is 20.5. The van der Waals surface area contributed by atoms with Crippen LogP contribution in [0.15, 0.2) is 24.3 Å². The molecule has 0 aliphatic carbocycles. The number of anilines is 1. The summed E-state index contributed by atoms with van der Waals surface area (Å²) in [7, 11) is 1.54. The van der Waals surface area contributed by atoms with Gasteiger partial charge >= 0.3 is 11.8 Å². The molecule has 7 nitrogen and oxygen atoms in total. The zero-order valence-corrected chi connectivity index (χ0v) is 15.9. The maximum Gasteiger partial charge on any atom is 0.309 e. The lowest BCUT2D eigenvalue weighted by molar-refractivity contribution is -0.139. The zero-order valence-electron chi connectivity index (χ0n) is 15.2. The van der Waals surface area contributed by atoms with Crippen LogP contribution in [0.4, 0.5) is 5.69 Å². The van der Waals surface area contributed by atoms with Crippen molar-refractivity contribution in [2.75, 3.05) is 64.4 Å². The van der Waals surface area contributed by atoms with E-state index >= 15 is 0 Å². The van der Waals surface area contributed by atoms with Crippen LogP contribution in [-0.4, -0.2) is 76.2 Å². The van der Waals surface area contributed by atoms with Crippen molar-refractivity contribution in [3.63, 3.8) is 0 Å². The summed E-state index contributed by atoms with van der Waals surface area (Å²) in [6.07, 6.45) is 0.817. The van der Waals surface area contributed by atoms with Gasteiger partial charge in [0, 0.05) is 57.1 Å². The summed E-state index contributed by atoms with van der Waals surface area (Å²) < 4.78 is 4.82. The minimum atomic E-state index is -0.612.